The number of piperidine rings is 2. The number of benzene rings is 1. The Bertz CT molecular complexity index is 1060. The van der Waals surface area contributed by atoms with Crippen molar-refractivity contribution in [3.63, 3.8) is 0 Å². The molecule has 5 nitrogen and oxygen atoms in total. The van der Waals surface area contributed by atoms with E-state index < -0.39 is 15.6 Å². The highest BCUT2D eigenvalue weighted by atomic mass is 32.2. The van der Waals surface area contributed by atoms with Gasteiger partial charge < -0.3 is 9.17 Å². The highest BCUT2D eigenvalue weighted by molar-refractivity contribution is 7.88. The quantitative estimate of drug-likeness (QED) is 0.589. The average molecular weight is 428 g/mol. The van der Waals surface area contributed by atoms with E-state index in [2.05, 4.69) is 21.0 Å². The Balaban J connectivity index is 1.56. The zero-order valence-electron chi connectivity index (χ0n) is 16.0. The molecule has 0 spiro atoms. The fourth-order valence-electron chi connectivity index (χ4n) is 5.90. The lowest BCUT2D eigenvalue weighted by Crippen LogP contribution is -2.56. The van der Waals surface area contributed by atoms with Crippen molar-refractivity contribution in [2.24, 2.45) is 11.8 Å². The molecule has 2 unspecified atom stereocenters. The van der Waals surface area contributed by atoms with Crippen LogP contribution in [0.4, 0.5) is 13.2 Å². The number of hydrogen-bond donors (Lipinski definition) is 1. The molecule has 3 aliphatic heterocycles. The Labute approximate surface area is 167 Å². The second kappa shape index (κ2) is 6.38. The molecule has 9 heteroatoms. The van der Waals surface area contributed by atoms with E-state index >= 15 is 0 Å². The van der Waals surface area contributed by atoms with Crippen LogP contribution in [0.3, 0.4) is 0 Å². The number of fused-ring (bicyclic) bond motifs is 4. The molecule has 6 rings (SSSR count). The van der Waals surface area contributed by atoms with Crippen LogP contribution in [0.2, 0.25) is 0 Å². The SMILES string of the molecule is CC[C@H]1C[C@H]2C[C@H]3c4[nH]c5ccc(OS(=O)(=O)C(F)(F)F)cc5c4CCN(C2)C13. The van der Waals surface area contributed by atoms with Crippen LogP contribution in [0.25, 0.3) is 10.9 Å². The van der Waals surface area contributed by atoms with E-state index in [9.17, 15) is 21.6 Å². The maximum atomic E-state index is 12.7. The summed E-state index contributed by atoms with van der Waals surface area (Å²) in [5.41, 5.74) is -2.37. The molecule has 2 aromatic rings. The molecule has 5 atom stereocenters. The van der Waals surface area contributed by atoms with E-state index in [4.69, 9.17) is 0 Å². The van der Waals surface area contributed by atoms with Gasteiger partial charge in [0.1, 0.15) is 5.75 Å². The first-order valence-electron chi connectivity index (χ1n) is 10.1. The van der Waals surface area contributed by atoms with Gasteiger partial charge in [-0.3, -0.25) is 4.90 Å². The Hall–Kier alpha value is -1.74. The number of alkyl halides is 3. The summed E-state index contributed by atoms with van der Waals surface area (Å²) in [6.45, 7) is 4.29. The van der Waals surface area contributed by atoms with Gasteiger partial charge in [0, 0.05) is 41.6 Å². The molecular formula is C20H23F3N2O3S. The first kappa shape index (κ1) is 19.2. The largest absolute Gasteiger partial charge is 0.534 e. The fraction of sp³-hybridized carbons (Fsp3) is 0.600. The Morgan fingerprint density at radius 3 is 2.79 bits per heavy atom. The molecule has 3 fully saturated rings. The van der Waals surface area contributed by atoms with Gasteiger partial charge in [-0.15, -0.1) is 0 Å². The summed E-state index contributed by atoms with van der Waals surface area (Å²) >= 11 is 0. The van der Waals surface area contributed by atoms with Crippen molar-refractivity contribution in [2.75, 3.05) is 13.1 Å². The predicted molar refractivity (Wildman–Crippen MR) is 102 cm³/mol. The van der Waals surface area contributed by atoms with Gasteiger partial charge in [0.15, 0.2) is 0 Å². The molecule has 158 valence electrons. The molecule has 1 aromatic carbocycles. The number of nitrogens with one attached hydrogen (secondary N) is 1. The molecule has 4 heterocycles. The van der Waals surface area contributed by atoms with Crippen LogP contribution in [0.5, 0.6) is 5.75 Å². The molecule has 0 radical (unpaired) electrons. The third-order valence-electron chi connectivity index (χ3n) is 6.98. The summed E-state index contributed by atoms with van der Waals surface area (Å²) in [4.78, 5) is 6.10. The molecule has 0 amide bonds. The van der Waals surface area contributed by atoms with Crippen molar-refractivity contribution in [3.05, 3.63) is 29.5 Å². The zero-order chi connectivity index (χ0) is 20.6. The topological polar surface area (TPSA) is 62.4 Å². The number of aromatic amines is 1. The van der Waals surface area contributed by atoms with Gasteiger partial charge in [0.25, 0.3) is 0 Å². The number of rotatable bonds is 3. The van der Waals surface area contributed by atoms with Crippen LogP contribution in [0, 0.1) is 11.8 Å². The number of halogens is 3. The molecule has 29 heavy (non-hydrogen) atoms. The zero-order valence-corrected chi connectivity index (χ0v) is 16.8. The van der Waals surface area contributed by atoms with Crippen LogP contribution < -0.4 is 4.18 Å². The predicted octanol–water partition coefficient (Wildman–Crippen LogP) is 4.16. The molecule has 1 N–H and O–H groups in total. The number of nitrogens with zero attached hydrogens (tertiary/aromatic N) is 1. The average Bonchev–Trinajstić information content (AvgIpc) is 2.97. The monoisotopic (exact) mass is 428 g/mol. The second-order valence-electron chi connectivity index (χ2n) is 8.56. The smallest absolute Gasteiger partial charge is 0.376 e. The normalized spacial score (nSPS) is 31.5. The first-order valence-corrected chi connectivity index (χ1v) is 11.5. The van der Waals surface area contributed by atoms with Gasteiger partial charge in [0.05, 0.1) is 0 Å². The number of aromatic nitrogens is 1. The molecular weight excluding hydrogens is 405 g/mol. The van der Waals surface area contributed by atoms with Gasteiger partial charge in [0.2, 0.25) is 0 Å². The Morgan fingerprint density at radius 1 is 1.28 bits per heavy atom. The van der Waals surface area contributed by atoms with Crippen LogP contribution in [0.1, 0.15) is 43.4 Å². The summed E-state index contributed by atoms with van der Waals surface area (Å²) < 4.78 is 65.2. The van der Waals surface area contributed by atoms with Crippen molar-refractivity contribution in [1.82, 2.24) is 9.88 Å². The maximum Gasteiger partial charge on any atom is 0.534 e. The highest BCUT2D eigenvalue weighted by Gasteiger charge is 2.50. The van der Waals surface area contributed by atoms with Gasteiger partial charge in [-0.1, -0.05) is 13.3 Å². The summed E-state index contributed by atoms with van der Waals surface area (Å²) in [6.07, 6.45) is 4.35. The van der Waals surface area contributed by atoms with E-state index in [-0.39, 0.29) is 5.75 Å². The minimum Gasteiger partial charge on any atom is -0.376 e. The summed E-state index contributed by atoms with van der Waals surface area (Å²) in [5, 5.41) is 0.757. The molecule has 1 saturated carbocycles. The van der Waals surface area contributed by atoms with Crippen LogP contribution in [-0.4, -0.2) is 42.9 Å². The van der Waals surface area contributed by atoms with Gasteiger partial charge >= 0.3 is 15.6 Å². The van der Waals surface area contributed by atoms with E-state index in [0.717, 1.165) is 48.8 Å². The molecule has 1 aliphatic carbocycles. The first-order chi connectivity index (χ1) is 13.7. The lowest BCUT2D eigenvalue weighted by Gasteiger charge is -2.53. The highest BCUT2D eigenvalue weighted by Crippen LogP contribution is 2.51. The molecule has 2 saturated heterocycles. The Morgan fingerprint density at radius 2 is 2.07 bits per heavy atom. The van der Waals surface area contributed by atoms with E-state index in [1.165, 1.54) is 24.2 Å². The minimum atomic E-state index is -5.68. The van der Waals surface area contributed by atoms with E-state index in [1.54, 1.807) is 6.07 Å². The van der Waals surface area contributed by atoms with Gasteiger partial charge in [-0.25, -0.2) is 0 Å². The minimum absolute atomic E-state index is 0.308. The van der Waals surface area contributed by atoms with Crippen molar-refractivity contribution >= 4 is 21.0 Å². The van der Waals surface area contributed by atoms with Gasteiger partial charge in [-0.05, 0) is 54.9 Å². The lowest BCUT2D eigenvalue weighted by molar-refractivity contribution is -0.0500. The fourth-order valence-corrected chi connectivity index (χ4v) is 6.35. The third kappa shape index (κ3) is 2.96. The van der Waals surface area contributed by atoms with Crippen LogP contribution in [0.15, 0.2) is 18.2 Å². The number of H-pyrrole nitrogens is 1. The third-order valence-corrected chi connectivity index (χ3v) is 7.96. The van der Waals surface area contributed by atoms with Crippen molar-refractivity contribution in [1.29, 1.82) is 0 Å². The Kier molecular flexibility index (Phi) is 4.23. The van der Waals surface area contributed by atoms with Crippen molar-refractivity contribution in [2.45, 2.75) is 50.1 Å². The lowest BCUT2D eigenvalue weighted by atomic mass is 9.65. The summed E-state index contributed by atoms with van der Waals surface area (Å²) in [5.74, 6) is 1.43. The molecule has 1 aromatic heterocycles. The van der Waals surface area contributed by atoms with E-state index in [0.29, 0.717) is 23.8 Å². The maximum absolute atomic E-state index is 12.7. The summed E-state index contributed by atoms with van der Waals surface area (Å²) in [6, 6.07) is 4.81. The molecule has 4 aliphatic rings. The van der Waals surface area contributed by atoms with E-state index in [1.807, 2.05) is 0 Å². The number of hydrogen-bond acceptors (Lipinski definition) is 4. The van der Waals surface area contributed by atoms with Crippen LogP contribution >= 0.6 is 0 Å². The van der Waals surface area contributed by atoms with Gasteiger partial charge in [-0.2, -0.15) is 21.6 Å². The standard InChI is InChI=1S/C20H23F3N2O3S/c1-2-12-7-11-8-16-18-14(5-6-25(10-11)19(12)16)15-9-13(3-4-17(15)24-18)28-29(26,27)20(21,22)23/h3-4,9,11-12,16,19,24H,2,5-8,10H2,1H3/t11-,12-,16-,19?/m0/s1. The van der Waals surface area contributed by atoms with Crippen LogP contribution in [-0.2, 0) is 16.5 Å². The van der Waals surface area contributed by atoms with Crippen molar-refractivity contribution in [3.8, 4) is 5.75 Å². The molecule has 4 bridgehead atoms. The summed E-state index contributed by atoms with van der Waals surface area (Å²) in [7, 11) is -5.68. The van der Waals surface area contributed by atoms with Crippen molar-refractivity contribution < 1.29 is 25.8 Å². The second-order valence-corrected chi connectivity index (χ2v) is 10.1.